The Morgan fingerprint density at radius 3 is 1.87 bits per heavy atom. The van der Waals surface area contributed by atoms with Crippen molar-refractivity contribution < 1.29 is 4.42 Å². The number of aliphatic imine (C=N–C) groups is 1. The lowest BCUT2D eigenvalue weighted by Gasteiger charge is -2.27. The second-order valence-corrected chi connectivity index (χ2v) is 14.4. The monoisotopic (exact) mass is 702 g/mol. The minimum absolute atomic E-state index is 0.848. The van der Waals surface area contributed by atoms with Crippen molar-refractivity contribution in [2.45, 2.75) is 6.42 Å². The van der Waals surface area contributed by atoms with Crippen LogP contribution in [0.2, 0.25) is 0 Å². The molecular formula is C52H34N2O. The van der Waals surface area contributed by atoms with E-state index in [1.54, 1.807) is 0 Å². The number of fused-ring (bicyclic) bond motifs is 6. The molecule has 2 heterocycles. The maximum atomic E-state index is 7.06. The molecule has 3 nitrogen and oxygen atoms in total. The number of benzene rings is 9. The van der Waals surface area contributed by atoms with Crippen LogP contribution in [0, 0.1) is 0 Å². The predicted octanol–water partition coefficient (Wildman–Crippen LogP) is 14.4. The van der Waals surface area contributed by atoms with Crippen LogP contribution in [0.1, 0.15) is 11.1 Å². The highest BCUT2D eigenvalue weighted by molar-refractivity contribution is 6.20. The van der Waals surface area contributed by atoms with Gasteiger partial charge in [-0.05, 0) is 98.1 Å². The molecule has 0 atom stereocenters. The van der Waals surface area contributed by atoms with Crippen LogP contribution in [0.25, 0.3) is 65.7 Å². The summed E-state index contributed by atoms with van der Waals surface area (Å²) in [5.41, 5.74) is 14.1. The van der Waals surface area contributed by atoms with Crippen molar-refractivity contribution in [3.8, 4) is 22.3 Å². The van der Waals surface area contributed by atoms with Crippen LogP contribution < -0.4 is 4.90 Å². The molecule has 0 aliphatic carbocycles. The molecule has 0 amide bonds. The lowest BCUT2D eigenvalue weighted by atomic mass is 9.98. The second kappa shape index (κ2) is 12.7. The van der Waals surface area contributed by atoms with E-state index in [0.29, 0.717) is 0 Å². The molecule has 0 radical (unpaired) electrons. The van der Waals surface area contributed by atoms with Gasteiger partial charge >= 0.3 is 0 Å². The van der Waals surface area contributed by atoms with E-state index in [-0.39, 0.29) is 0 Å². The Morgan fingerprint density at radius 2 is 1.05 bits per heavy atom. The molecule has 1 aliphatic heterocycles. The van der Waals surface area contributed by atoms with Crippen LogP contribution in [0.4, 0.5) is 22.7 Å². The van der Waals surface area contributed by atoms with Gasteiger partial charge in [-0.1, -0.05) is 146 Å². The summed E-state index contributed by atoms with van der Waals surface area (Å²) in [6.45, 7) is 0. The highest BCUT2D eigenvalue weighted by Gasteiger charge is 2.24. The van der Waals surface area contributed by atoms with E-state index < -0.39 is 0 Å². The van der Waals surface area contributed by atoms with E-state index in [1.165, 1.54) is 33.0 Å². The van der Waals surface area contributed by atoms with E-state index >= 15 is 0 Å². The van der Waals surface area contributed by atoms with Gasteiger partial charge in [-0.15, -0.1) is 0 Å². The lowest BCUT2D eigenvalue weighted by molar-refractivity contribution is 0.670. The largest absolute Gasteiger partial charge is 0.454 e. The molecule has 0 unspecified atom stereocenters. The van der Waals surface area contributed by atoms with Gasteiger partial charge in [0.25, 0.3) is 0 Å². The Morgan fingerprint density at radius 1 is 0.418 bits per heavy atom. The fourth-order valence-electron chi connectivity index (χ4n) is 8.27. The van der Waals surface area contributed by atoms with Gasteiger partial charge in [0, 0.05) is 34.0 Å². The first-order valence-corrected chi connectivity index (χ1v) is 18.8. The van der Waals surface area contributed by atoms with Crippen LogP contribution in [-0.4, -0.2) is 5.71 Å². The minimum Gasteiger partial charge on any atom is -0.454 e. The predicted molar refractivity (Wildman–Crippen MR) is 231 cm³/mol. The van der Waals surface area contributed by atoms with Crippen molar-refractivity contribution in [1.82, 2.24) is 0 Å². The first-order valence-electron chi connectivity index (χ1n) is 18.8. The number of anilines is 3. The molecule has 0 fully saturated rings. The molecule has 0 bridgehead atoms. The van der Waals surface area contributed by atoms with Gasteiger partial charge in [-0.25, -0.2) is 0 Å². The molecule has 55 heavy (non-hydrogen) atoms. The minimum atomic E-state index is 0.848. The summed E-state index contributed by atoms with van der Waals surface area (Å²) in [7, 11) is 0. The van der Waals surface area contributed by atoms with Gasteiger partial charge in [0.05, 0.1) is 17.1 Å². The summed E-state index contributed by atoms with van der Waals surface area (Å²) in [5.74, 6) is 0. The summed E-state index contributed by atoms with van der Waals surface area (Å²) in [4.78, 5) is 7.43. The normalized spacial score (nSPS) is 12.4. The molecule has 258 valence electrons. The summed E-state index contributed by atoms with van der Waals surface area (Å²) in [5, 5.41) is 6.86. The molecule has 0 saturated heterocycles. The first kappa shape index (κ1) is 31.3. The number of rotatable bonds is 6. The van der Waals surface area contributed by atoms with Crippen molar-refractivity contribution >= 4 is 71.9 Å². The van der Waals surface area contributed by atoms with E-state index in [4.69, 9.17) is 9.41 Å². The molecule has 0 spiro atoms. The smallest absolute Gasteiger partial charge is 0.160 e. The SMILES string of the molecule is c1ccc(C2=Nc3cc(-c4ccc5c(c4)oc4c(N(c6ccc(-c7ccccc7)cc6)c6ccc7ccccc7c6)c6ccccc6cc45)ccc3C2)cc1. The van der Waals surface area contributed by atoms with Crippen molar-refractivity contribution in [2.24, 2.45) is 4.99 Å². The maximum Gasteiger partial charge on any atom is 0.160 e. The molecule has 10 aromatic rings. The zero-order chi connectivity index (χ0) is 36.3. The van der Waals surface area contributed by atoms with Crippen LogP contribution in [-0.2, 0) is 6.42 Å². The number of hydrogen-bond donors (Lipinski definition) is 0. The van der Waals surface area contributed by atoms with Gasteiger partial charge in [0.15, 0.2) is 5.58 Å². The topological polar surface area (TPSA) is 28.7 Å². The zero-order valence-electron chi connectivity index (χ0n) is 30.0. The van der Waals surface area contributed by atoms with E-state index in [9.17, 15) is 0 Å². The van der Waals surface area contributed by atoms with Crippen LogP contribution in [0.5, 0.6) is 0 Å². The van der Waals surface area contributed by atoms with Gasteiger partial charge in [-0.2, -0.15) is 0 Å². The highest BCUT2D eigenvalue weighted by atomic mass is 16.3. The second-order valence-electron chi connectivity index (χ2n) is 14.4. The van der Waals surface area contributed by atoms with Crippen LogP contribution in [0.3, 0.4) is 0 Å². The fourth-order valence-corrected chi connectivity index (χ4v) is 8.27. The summed E-state index contributed by atoms with van der Waals surface area (Å²) in [6.07, 6.45) is 0.848. The summed E-state index contributed by atoms with van der Waals surface area (Å²) in [6, 6.07) is 69.4. The Kier molecular flexibility index (Phi) is 7.24. The van der Waals surface area contributed by atoms with Crippen molar-refractivity contribution in [3.63, 3.8) is 0 Å². The van der Waals surface area contributed by atoms with Gasteiger partial charge in [0.1, 0.15) is 5.58 Å². The van der Waals surface area contributed by atoms with Crippen molar-refractivity contribution in [2.75, 3.05) is 4.90 Å². The molecule has 9 aromatic carbocycles. The Bertz CT molecular complexity index is 3100. The third-order valence-corrected chi connectivity index (χ3v) is 11.0. The van der Waals surface area contributed by atoms with Crippen molar-refractivity contribution in [1.29, 1.82) is 0 Å². The average molecular weight is 703 g/mol. The number of hydrogen-bond acceptors (Lipinski definition) is 3. The maximum absolute atomic E-state index is 7.06. The third kappa shape index (κ3) is 5.40. The Hall–Kier alpha value is -7.23. The standard InChI is InChI=1S/C52H34N2O/c1-3-11-34(12-4-1)36-21-25-43(26-22-36)54(44-27-23-35-13-7-8-16-38(35)29-44)51-45-18-10-9-17-41(45)30-47-46-28-24-40(33-50(46)55-52(47)51)39-19-20-42-32-48(53-49(42)31-39)37-14-5-2-6-15-37/h1-31,33H,32H2. The molecule has 11 rings (SSSR count). The summed E-state index contributed by atoms with van der Waals surface area (Å²) >= 11 is 0. The highest BCUT2D eigenvalue weighted by Crippen LogP contribution is 2.47. The van der Waals surface area contributed by atoms with Crippen molar-refractivity contribution in [3.05, 3.63) is 205 Å². The van der Waals surface area contributed by atoms with Crippen LogP contribution in [0.15, 0.2) is 204 Å². The first-order chi connectivity index (χ1) is 27.2. The fraction of sp³-hybridized carbons (Fsp3) is 0.0192. The van der Waals surface area contributed by atoms with Gasteiger partial charge in [0.2, 0.25) is 0 Å². The zero-order valence-corrected chi connectivity index (χ0v) is 30.0. The molecule has 3 heteroatoms. The quantitative estimate of drug-likeness (QED) is 0.173. The number of nitrogens with zero attached hydrogens (tertiary/aromatic N) is 2. The Labute approximate surface area is 319 Å². The van der Waals surface area contributed by atoms with E-state index in [1.807, 2.05) is 6.07 Å². The molecule has 0 saturated carbocycles. The molecular weight excluding hydrogens is 669 g/mol. The average Bonchev–Trinajstić information content (AvgIpc) is 3.85. The third-order valence-electron chi connectivity index (χ3n) is 11.0. The lowest BCUT2D eigenvalue weighted by Crippen LogP contribution is -2.11. The molecule has 0 N–H and O–H groups in total. The molecule has 1 aliphatic rings. The number of furan rings is 1. The van der Waals surface area contributed by atoms with Gasteiger partial charge in [-0.3, -0.25) is 4.99 Å². The van der Waals surface area contributed by atoms with Crippen LogP contribution >= 0.6 is 0 Å². The molecule has 1 aromatic heterocycles. The Balaban J connectivity index is 1.09. The van der Waals surface area contributed by atoms with Gasteiger partial charge < -0.3 is 9.32 Å². The summed E-state index contributed by atoms with van der Waals surface area (Å²) < 4.78 is 7.06. The van der Waals surface area contributed by atoms with E-state index in [0.717, 1.165) is 78.7 Å². The van der Waals surface area contributed by atoms with E-state index in [2.05, 4.69) is 193 Å².